The summed E-state index contributed by atoms with van der Waals surface area (Å²) in [5.74, 6) is 0.751. The van der Waals surface area contributed by atoms with Crippen LogP contribution in [0.5, 0.6) is 5.75 Å². The number of nitrogens with one attached hydrogen (secondary N) is 2. The van der Waals surface area contributed by atoms with E-state index >= 15 is 0 Å². The molecular formula is C21H21N5O2. The lowest BCUT2D eigenvalue weighted by Crippen LogP contribution is -2.43. The third-order valence-electron chi connectivity index (χ3n) is 5.32. The largest absolute Gasteiger partial charge is 0.497 e. The summed E-state index contributed by atoms with van der Waals surface area (Å²) in [6.45, 7) is 3.90. The molecule has 0 spiro atoms. The van der Waals surface area contributed by atoms with Gasteiger partial charge in [0.05, 0.1) is 29.2 Å². The molecule has 2 aromatic carbocycles. The number of rotatable bonds is 3. The number of aromatic nitrogens is 3. The summed E-state index contributed by atoms with van der Waals surface area (Å²) in [4.78, 5) is 19.8. The van der Waals surface area contributed by atoms with E-state index in [1.165, 1.54) is 0 Å². The number of fused-ring (bicyclic) bond motifs is 3. The summed E-state index contributed by atoms with van der Waals surface area (Å²) < 4.78 is 6.76. The van der Waals surface area contributed by atoms with Crippen LogP contribution in [0.15, 0.2) is 53.5 Å². The zero-order valence-electron chi connectivity index (χ0n) is 15.6. The lowest BCUT2D eigenvalue weighted by molar-refractivity contribution is 0.414. The van der Waals surface area contributed by atoms with Crippen LogP contribution < -0.4 is 20.5 Å². The van der Waals surface area contributed by atoms with E-state index in [0.29, 0.717) is 5.39 Å². The van der Waals surface area contributed by atoms with Crippen molar-refractivity contribution >= 4 is 27.5 Å². The van der Waals surface area contributed by atoms with Crippen LogP contribution >= 0.6 is 0 Å². The second kappa shape index (κ2) is 6.69. The van der Waals surface area contributed by atoms with Crippen LogP contribution in [0.1, 0.15) is 0 Å². The summed E-state index contributed by atoms with van der Waals surface area (Å²) in [7, 11) is 1.62. The highest BCUT2D eigenvalue weighted by atomic mass is 16.5. The molecule has 1 aliphatic rings. The van der Waals surface area contributed by atoms with Crippen molar-refractivity contribution in [1.82, 2.24) is 20.1 Å². The van der Waals surface area contributed by atoms with Crippen molar-refractivity contribution < 1.29 is 4.74 Å². The zero-order chi connectivity index (χ0) is 19.1. The number of anilines is 1. The van der Waals surface area contributed by atoms with Gasteiger partial charge in [-0.05, 0) is 42.5 Å². The molecule has 2 N–H and O–H groups in total. The van der Waals surface area contributed by atoms with Crippen LogP contribution in [0, 0.1) is 0 Å². The first-order valence-corrected chi connectivity index (χ1v) is 9.38. The highest BCUT2D eigenvalue weighted by Crippen LogP contribution is 2.26. The molecule has 0 aliphatic carbocycles. The topological polar surface area (TPSA) is 75.2 Å². The fourth-order valence-corrected chi connectivity index (χ4v) is 3.78. The maximum absolute atomic E-state index is 13.0. The molecule has 1 fully saturated rings. The van der Waals surface area contributed by atoms with Crippen molar-refractivity contribution in [1.29, 1.82) is 0 Å². The Balaban J connectivity index is 1.67. The first-order chi connectivity index (χ1) is 13.7. The Labute approximate surface area is 161 Å². The van der Waals surface area contributed by atoms with Crippen LogP contribution in [0.25, 0.3) is 27.5 Å². The average molecular weight is 375 g/mol. The molecule has 0 bridgehead atoms. The van der Waals surface area contributed by atoms with Gasteiger partial charge in [0.15, 0.2) is 0 Å². The van der Waals surface area contributed by atoms with Gasteiger partial charge in [-0.15, -0.1) is 0 Å². The molecular weight excluding hydrogens is 354 g/mol. The van der Waals surface area contributed by atoms with Crippen molar-refractivity contribution in [3.63, 3.8) is 0 Å². The lowest BCUT2D eigenvalue weighted by Gasteiger charge is -2.29. The Hall–Kier alpha value is -3.32. The van der Waals surface area contributed by atoms with Gasteiger partial charge in [0.25, 0.3) is 5.56 Å². The van der Waals surface area contributed by atoms with Gasteiger partial charge in [-0.25, -0.2) is 4.68 Å². The average Bonchev–Trinajstić information content (AvgIpc) is 3.11. The number of benzene rings is 2. The van der Waals surface area contributed by atoms with Crippen LogP contribution in [-0.4, -0.2) is 48.1 Å². The fourth-order valence-electron chi connectivity index (χ4n) is 3.78. The Morgan fingerprint density at radius 1 is 1.00 bits per heavy atom. The Bertz CT molecular complexity index is 1200. The van der Waals surface area contributed by atoms with Crippen LogP contribution in [0.4, 0.5) is 5.69 Å². The van der Waals surface area contributed by atoms with Crippen molar-refractivity contribution in [3.8, 4) is 11.4 Å². The number of pyridine rings is 1. The summed E-state index contributed by atoms with van der Waals surface area (Å²) in [5.41, 5.74) is 3.48. The second-order valence-electron chi connectivity index (χ2n) is 6.94. The SMILES string of the molecule is COc1ccc(-n2[nH]c3c(cnc4ccc(N5CCNCC5)cc43)c2=O)cc1. The fraction of sp³-hybridized carbons (Fsp3) is 0.238. The molecule has 28 heavy (non-hydrogen) atoms. The predicted octanol–water partition coefficient (Wildman–Crippen LogP) is 2.29. The lowest BCUT2D eigenvalue weighted by atomic mass is 10.1. The minimum absolute atomic E-state index is 0.109. The Morgan fingerprint density at radius 3 is 2.50 bits per heavy atom. The molecule has 3 heterocycles. The van der Waals surface area contributed by atoms with Crippen LogP contribution in [0.3, 0.4) is 0 Å². The number of hydrogen-bond acceptors (Lipinski definition) is 5. The number of methoxy groups -OCH3 is 1. The van der Waals surface area contributed by atoms with Gasteiger partial charge in [-0.1, -0.05) is 0 Å². The maximum atomic E-state index is 13.0. The quantitative estimate of drug-likeness (QED) is 0.575. The van der Waals surface area contributed by atoms with E-state index < -0.39 is 0 Å². The van der Waals surface area contributed by atoms with Crippen molar-refractivity contribution in [3.05, 3.63) is 59.0 Å². The molecule has 7 heteroatoms. The molecule has 0 amide bonds. The number of H-pyrrole nitrogens is 1. The van der Waals surface area contributed by atoms with Gasteiger partial charge < -0.3 is 15.0 Å². The molecule has 1 aliphatic heterocycles. The van der Waals surface area contributed by atoms with Gasteiger partial charge in [0.2, 0.25) is 0 Å². The van der Waals surface area contributed by atoms with Crippen molar-refractivity contribution in [2.45, 2.75) is 0 Å². The summed E-state index contributed by atoms with van der Waals surface area (Å²) in [6.07, 6.45) is 1.65. The molecule has 0 saturated carbocycles. The van der Waals surface area contributed by atoms with Gasteiger partial charge in [0.1, 0.15) is 5.75 Å². The van der Waals surface area contributed by atoms with Crippen LogP contribution in [0.2, 0.25) is 0 Å². The normalized spacial score (nSPS) is 14.7. The van der Waals surface area contributed by atoms with E-state index in [2.05, 4.69) is 32.4 Å². The van der Waals surface area contributed by atoms with E-state index in [1.54, 1.807) is 18.0 Å². The van der Waals surface area contributed by atoms with Gasteiger partial charge in [-0.3, -0.25) is 14.9 Å². The van der Waals surface area contributed by atoms with E-state index in [-0.39, 0.29) is 5.56 Å². The van der Waals surface area contributed by atoms with Crippen LogP contribution in [-0.2, 0) is 0 Å². The number of nitrogens with zero attached hydrogens (tertiary/aromatic N) is 3. The van der Waals surface area contributed by atoms with E-state index in [1.807, 2.05) is 30.3 Å². The second-order valence-corrected chi connectivity index (χ2v) is 6.94. The molecule has 0 unspecified atom stereocenters. The summed E-state index contributed by atoms with van der Waals surface area (Å²) in [5, 5.41) is 8.20. The zero-order valence-corrected chi connectivity index (χ0v) is 15.6. The molecule has 0 radical (unpaired) electrons. The third kappa shape index (κ3) is 2.71. The molecule has 4 aromatic rings. The summed E-state index contributed by atoms with van der Waals surface area (Å²) >= 11 is 0. The first-order valence-electron chi connectivity index (χ1n) is 9.38. The van der Waals surface area contributed by atoms with Gasteiger partial charge in [0, 0.05) is 43.4 Å². The van der Waals surface area contributed by atoms with Gasteiger partial charge >= 0.3 is 0 Å². The van der Waals surface area contributed by atoms with Crippen molar-refractivity contribution in [2.75, 3.05) is 38.2 Å². The summed E-state index contributed by atoms with van der Waals surface area (Å²) in [6, 6.07) is 13.7. The Kier molecular flexibility index (Phi) is 4.02. The third-order valence-corrected chi connectivity index (χ3v) is 5.32. The predicted molar refractivity (Wildman–Crippen MR) is 111 cm³/mol. The first kappa shape index (κ1) is 16.8. The minimum Gasteiger partial charge on any atom is -0.497 e. The van der Waals surface area contributed by atoms with E-state index in [0.717, 1.165) is 59.7 Å². The maximum Gasteiger partial charge on any atom is 0.280 e. The smallest absolute Gasteiger partial charge is 0.280 e. The number of hydrogen-bond donors (Lipinski definition) is 2. The Morgan fingerprint density at radius 2 is 1.75 bits per heavy atom. The molecule has 5 rings (SSSR count). The van der Waals surface area contributed by atoms with Gasteiger partial charge in [-0.2, -0.15) is 0 Å². The molecule has 0 atom stereocenters. The monoisotopic (exact) mass is 375 g/mol. The molecule has 1 saturated heterocycles. The minimum atomic E-state index is -0.109. The molecule has 142 valence electrons. The highest BCUT2D eigenvalue weighted by Gasteiger charge is 2.15. The van der Waals surface area contributed by atoms with Crippen molar-refractivity contribution in [2.24, 2.45) is 0 Å². The highest BCUT2D eigenvalue weighted by molar-refractivity contribution is 6.04. The molecule has 7 nitrogen and oxygen atoms in total. The number of ether oxygens (including phenoxy) is 1. The molecule has 2 aromatic heterocycles. The van der Waals surface area contributed by atoms with E-state index in [4.69, 9.17) is 4.74 Å². The number of piperazine rings is 1. The number of aromatic amines is 1. The van der Waals surface area contributed by atoms with E-state index in [9.17, 15) is 4.79 Å². The standard InChI is InChI=1S/C21H21N5O2/c1-28-16-5-2-14(3-6-16)26-21(27)18-13-23-19-7-4-15(12-17(19)20(18)24-26)25-10-8-22-9-11-25/h2-7,12-13,22,24H,8-11H2,1H3.